The SMILES string of the molecule is C/C=C(\C=C(/C)c1ccc(COc2nc(-c3c(OC)nn(C)c3C3CC3)ncc2C2CCCC2)cc1)C(C)(F)F. The number of hydrogen-bond donors (Lipinski definition) is 0. The normalized spacial score (nSPS) is 17.0. The van der Waals surface area contributed by atoms with Gasteiger partial charge in [0.05, 0.1) is 12.8 Å². The van der Waals surface area contributed by atoms with Gasteiger partial charge in [-0.15, -0.1) is 5.10 Å². The highest BCUT2D eigenvalue weighted by Crippen LogP contribution is 2.47. The second-order valence-corrected chi connectivity index (χ2v) is 11.0. The van der Waals surface area contributed by atoms with E-state index in [1.165, 1.54) is 18.9 Å². The van der Waals surface area contributed by atoms with Crippen molar-refractivity contribution in [3.8, 4) is 23.1 Å². The smallest absolute Gasteiger partial charge is 0.270 e. The van der Waals surface area contributed by atoms with Crippen LogP contribution in [0.15, 0.2) is 48.2 Å². The number of rotatable bonds is 10. The van der Waals surface area contributed by atoms with Crippen LogP contribution in [0.1, 0.15) is 93.5 Å². The molecule has 0 spiro atoms. The zero-order valence-electron chi connectivity index (χ0n) is 24.0. The molecule has 0 radical (unpaired) electrons. The van der Waals surface area contributed by atoms with Gasteiger partial charge in [-0.2, -0.15) is 4.98 Å². The molecule has 1 aromatic carbocycles. The van der Waals surface area contributed by atoms with E-state index in [-0.39, 0.29) is 5.57 Å². The van der Waals surface area contributed by atoms with E-state index in [1.807, 2.05) is 49.1 Å². The second-order valence-electron chi connectivity index (χ2n) is 11.0. The first-order valence-corrected chi connectivity index (χ1v) is 14.1. The van der Waals surface area contributed by atoms with Crippen molar-refractivity contribution in [2.75, 3.05) is 7.11 Å². The molecule has 0 bridgehead atoms. The zero-order valence-corrected chi connectivity index (χ0v) is 24.0. The van der Waals surface area contributed by atoms with Gasteiger partial charge < -0.3 is 9.47 Å². The summed E-state index contributed by atoms with van der Waals surface area (Å²) < 4.78 is 41.5. The number of ether oxygens (including phenoxy) is 2. The maximum atomic E-state index is 13.8. The Morgan fingerprint density at radius 3 is 2.38 bits per heavy atom. The van der Waals surface area contributed by atoms with E-state index in [1.54, 1.807) is 20.1 Å². The Kier molecular flexibility index (Phi) is 8.06. The van der Waals surface area contributed by atoms with Crippen LogP contribution in [0.4, 0.5) is 8.78 Å². The van der Waals surface area contributed by atoms with Crippen LogP contribution in [0, 0.1) is 0 Å². The lowest BCUT2D eigenvalue weighted by Gasteiger charge is -2.16. The average Bonchev–Trinajstić information content (AvgIpc) is 3.50. The van der Waals surface area contributed by atoms with Crippen LogP contribution in [0.5, 0.6) is 11.8 Å². The minimum absolute atomic E-state index is 0.00603. The van der Waals surface area contributed by atoms with Crippen molar-refractivity contribution in [1.29, 1.82) is 0 Å². The number of nitrogens with zero attached hydrogens (tertiary/aromatic N) is 4. The lowest BCUT2D eigenvalue weighted by molar-refractivity contribution is 0.0674. The van der Waals surface area contributed by atoms with Gasteiger partial charge in [0.25, 0.3) is 5.92 Å². The first-order chi connectivity index (χ1) is 19.2. The molecule has 0 aliphatic heterocycles. The van der Waals surface area contributed by atoms with E-state index >= 15 is 0 Å². The highest BCUT2D eigenvalue weighted by atomic mass is 19.3. The van der Waals surface area contributed by atoms with Crippen LogP contribution < -0.4 is 9.47 Å². The lowest BCUT2D eigenvalue weighted by atomic mass is 10.00. The molecule has 212 valence electrons. The molecule has 2 fully saturated rings. The predicted molar refractivity (Wildman–Crippen MR) is 153 cm³/mol. The Hall–Kier alpha value is -3.55. The molecule has 8 heteroatoms. The van der Waals surface area contributed by atoms with Crippen LogP contribution in [0.2, 0.25) is 0 Å². The van der Waals surface area contributed by atoms with Crippen molar-refractivity contribution in [3.05, 3.63) is 70.6 Å². The number of aromatic nitrogens is 4. The third-order valence-electron chi connectivity index (χ3n) is 7.99. The molecule has 2 aromatic heterocycles. The Bertz CT molecular complexity index is 1410. The van der Waals surface area contributed by atoms with Gasteiger partial charge in [0.15, 0.2) is 5.82 Å². The van der Waals surface area contributed by atoms with Crippen molar-refractivity contribution >= 4 is 5.57 Å². The summed E-state index contributed by atoms with van der Waals surface area (Å²) in [7, 11) is 3.57. The summed E-state index contributed by atoms with van der Waals surface area (Å²) >= 11 is 0. The molecule has 2 saturated carbocycles. The van der Waals surface area contributed by atoms with Gasteiger partial charge in [0.1, 0.15) is 12.2 Å². The van der Waals surface area contributed by atoms with Crippen molar-refractivity contribution in [2.24, 2.45) is 7.05 Å². The van der Waals surface area contributed by atoms with Crippen LogP contribution in [-0.4, -0.2) is 32.8 Å². The van der Waals surface area contributed by atoms with Gasteiger partial charge >= 0.3 is 0 Å². The number of benzene rings is 1. The number of methoxy groups -OCH3 is 1. The molecule has 0 amide bonds. The zero-order chi connectivity index (χ0) is 28.4. The van der Waals surface area contributed by atoms with Gasteiger partial charge in [0.2, 0.25) is 11.8 Å². The van der Waals surface area contributed by atoms with E-state index in [2.05, 4.69) is 5.10 Å². The minimum Gasteiger partial charge on any atom is -0.479 e. The van der Waals surface area contributed by atoms with Crippen LogP contribution >= 0.6 is 0 Å². The average molecular weight is 549 g/mol. The van der Waals surface area contributed by atoms with Gasteiger partial charge in [-0.05, 0) is 68.2 Å². The summed E-state index contributed by atoms with van der Waals surface area (Å²) in [5, 5.41) is 4.57. The highest BCUT2D eigenvalue weighted by molar-refractivity contribution is 5.68. The van der Waals surface area contributed by atoms with Gasteiger partial charge in [0, 0.05) is 37.2 Å². The van der Waals surface area contributed by atoms with E-state index in [0.29, 0.717) is 36.0 Å². The molecule has 2 heterocycles. The monoisotopic (exact) mass is 548 g/mol. The lowest BCUT2D eigenvalue weighted by Crippen LogP contribution is -2.12. The van der Waals surface area contributed by atoms with Crippen molar-refractivity contribution < 1.29 is 18.3 Å². The standard InChI is InChI=1S/C32H38F2N4O2/c1-6-25(32(3,33)34)17-20(2)22-13-11-21(12-14-22)19-40-30-26(23-9-7-8-10-23)18-35-29(36-30)27-28(24-15-16-24)38(4)37-31(27)39-5/h6,11-14,17-18,23-24H,7-10,15-16,19H2,1-5H3/b20-17+,25-6+. The molecule has 0 N–H and O–H groups in total. The number of allylic oxidation sites excluding steroid dienone is 4. The molecule has 5 rings (SSSR count). The first-order valence-electron chi connectivity index (χ1n) is 14.1. The quantitative estimate of drug-likeness (QED) is 0.240. The van der Waals surface area contributed by atoms with Crippen molar-refractivity contribution in [1.82, 2.24) is 19.7 Å². The summed E-state index contributed by atoms with van der Waals surface area (Å²) in [6.45, 7) is 4.74. The molecular formula is C32H38F2N4O2. The van der Waals surface area contributed by atoms with E-state index in [0.717, 1.165) is 66.1 Å². The fourth-order valence-corrected chi connectivity index (χ4v) is 5.61. The van der Waals surface area contributed by atoms with Crippen molar-refractivity contribution in [3.63, 3.8) is 0 Å². The summed E-state index contributed by atoms with van der Waals surface area (Å²) in [5.41, 5.74) is 5.65. The molecule has 40 heavy (non-hydrogen) atoms. The van der Waals surface area contributed by atoms with Gasteiger partial charge in [-0.25, -0.2) is 13.8 Å². The molecule has 0 saturated heterocycles. The number of alkyl halides is 2. The molecular weight excluding hydrogens is 510 g/mol. The highest BCUT2D eigenvalue weighted by Gasteiger charge is 2.34. The Morgan fingerprint density at radius 2 is 1.77 bits per heavy atom. The van der Waals surface area contributed by atoms with Crippen molar-refractivity contribution in [2.45, 2.75) is 83.7 Å². The van der Waals surface area contributed by atoms with Crippen LogP contribution in [-0.2, 0) is 13.7 Å². The van der Waals surface area contributed by atoms with E-state index < -0.39 is 5.92 Å². The third kappa shape index (κ3) is 5.96. The van der Waals surface area contributed by atoms with Gasteiger partial charge in [-0.3, -0.25) is 4.68 Å². The molecule has 0 atom stereocenters. The number of halogens is 2. The first kappa shape index (κ1) is 28.0. The molecule has 6 nitrogen and oxygen atoms in total. The third-order valence-corrected chi connectivity index (χ3v) is 7.99. The van der Waals surface area contributed by atoms with Gasteiger partial charge in [-0.1, -0.05) is 43.2 Å². The van der Waals surface area contributed by atoms with Crippen LogP contribution in [0.25, 0.3) is 17.0 Å². The second kappa shape index (κ2) is 11.5. The topological polar surface area (TPSA) is 62.1 Å². The van der Waals surface area contributed by atoms with E-state index in [9.17, 15) is 8.78 Å². The fourth-order valence-electron chi connectivity index (χ4n) is 5.61. The maximum Gasteiger partial charge on any atom is 0.270 e. The Morgan fingerprint density at radius 1 is 1.07 bits per heavy atom. The summed E-state index contributed by atoms with van der Waals surface area (Å²) in [5.74, 6) is -0.335. The summed E-state index contributed by atoms with van der Waals surface area (Å²) in [6.07, 6.45) is 11.8. The summed E-state index contributed by atoms with van der Waals surface area (Å²) in [6, 6.07) is 7.83. The fraction of sp³-hybridized carbons (Fsp3) is 0.469. The summed E-state index contributed by atoms with van der Waals surface area (Å²) in [4.78, 5) is 9.75. The molecule has 0 unspecified atom stereocenters. The van der Waals surface area contributed by atoms with E-state index in [4.69, 9.17) is 19.4 Å². The molecule has 2 aliphatic carbocycles. The van der Waals surface area contributed by atoms with Crippen LogP contribution in [0.3, 0.4) is 0 Å². The Balaban J connectivity index is 1.40. The Labute approximate surface area is 235 Å². The number of aryl methyl sites for hydroxylation is 1. The maximum absolute atomic E-state index is 13.8. The predicted octanol–water partition coefficient (Wildman–Crippen LogP) is 8.00. The number of hydrogen-bond acceptors (Lipinski definition) is 5. The molecule has 2 aliphatic rings. The molecule has 3 aromatic rings. The minimum atomic E-state index is -2.88. The largest absolute Gasteiger partial charge is 0.479 e.